The van der Waals surface area contributed by atoms with Gasteiger partial charge in [0.05, 0.1) is 19.9 Å². The van der Waals surface area contributed by atoms with Gasteiger partial charge in [-0.05, 0) is 24.6 Å². The number of hydrogen-bond donors (Lipinski definition) is 3. The number of para-hydroxylation sites is 1. The molecule has 1 aromatic heterocycles. The van der Waals surface area contributed by atoms with E-state index >= 15 is 0 Å². The number of amidine groups is 1. The number of benzene rings is 1. The topological polar surface area (TPSA) is 106 Å². The van der Waals surface area contributed by atoms with E-state index in [0.29, 0.717) is 11.4 Å². The summed E-state index contributed by atoms with van der Waals surface area (Å²) in [6.45, 7) is 5.69. The molecule has 0 aliphatic carbocycles. The van der Waals surface area contributed by atoms with E-state index in [1.807, 2.05) is 37.3 Å². The third kappa shape index (κ3) is 4.83. The highest BCUT2D eigenvalue weighted by Gasteiger charge is 2.08. The Balaban J connectivity index is 2.07. The molecule has 0 aliphatic heterocycles. The molecule has 0 saturated heterocycles. The molecule has 2 rings (SSSR count). The van der Waals surface area contributed by atoms with Gasteiger partial charge in [0.25, 0.3) is 5.95 Å². The maximum atomic E-state index is 4.99. The van der Waals surface area contributed by atoms with Crippen LogP contribution in [-0.4, -0.2) is 35.0 Å². The summed E-state index contributed by atoms with van der Waals surface area (Å²) in [4.78, 5) is 12.0. The first-order valence-corrected chi connectivity index (χ1v) is 7.03. The molecule has 24 heavy (non-hydrogen) atoms. The van der Waals surface area contributed by atoms with E-state index in [1.165, 1.54) is 14.2 Å². The van der Waals surface area contributed by atoms with E-state index in [9.17, 15) is 0 Å². The summed E-state index contributed by atoms with van der Waals surface area (Å²) in [5.74, 6) is 0.699. The van der Waals surface area contributed by atoms with Crippen molar-refractivity contribution < 1.29 is 9.47 Å². The summed E-state index contributed by atoms with van der Waals surface area (Å²) < 4.78 is 9.97. The van der Waals surface area contributed by atoms with E-state index in [4.69, 9.17) is 9.47 Å². The van der Waals surface area contributed by atoms with E-state index in [2.05, 4.69) is 42.9 Å². The number of nitrogens with one attached hydrogen (secondary N) is 3. The summed E-state index contributed by atoms with van der Waals surface area (Å²) in [5, 5.41) is 4.25. The van der Waals surface area contributed by atoms with Gasteiger partial charge in [0, 0.05) is 0 Å². The highest BCUT2D eigenvalue weighted by molar-refractivity contribution is 5.98. The SMILES string of the molecule is C=C(C)C(=NNc1ccccc1)NNc1nc(OC)nc(OC)n1. The van der Waals surface area contributed by atoms with Crippen molar-refractivity contribution in [3.8, 4) is 12.0 Å². The summed E-state index contributed by atoms with van der Waals surface area (Å²) >= 11 is 0. The molecule has 1 aromatic carbocycles. The average Bonchev–Trinajstić information content (AvgIpc) is 2.61. The third-order valence-corrected chi connectivity index (χ3v) is 2.73. The van der Waals surface area contributed by atoms with Crippen molar-refractivity contribution in [2.45, 2.75) is 6.92 Å². The highest BCUT2D eigenvalue weighted by Crippen LogP contribution is 2.11. The number of aromatic nitrogens is 3. The van der Waals surface area contributed by atoms with Crippen molar-refractivity contribution in [3.63, 3.8) is 0 Å². The van der Waals surface area contributed by atoms with Crippen molar-refractivity contribution in [3.05, 3.63) is 42.5 Å². The fourth-order valence-electron chi connectivity index (χ4n) is 1.55. The quantitative estimate of drug-likeness (QED) is 0.401. The summed E-state index contributed by atoms with van der Waals surface area (Å²) in [6, 6.07) is 9.80. The van der Waals surface area contributed by atoms with Gasteiger partial charge in [-0.25, -0.2) is 0 Å². The lowest BCUT2D eigenvalue weighted by Crippen LogP contribution is -2.32. The van der Waals surface area contributed by atoms with E-state index in [0.717, 1.165) is 5.69 Å². The monoisotopic (exact) mass is 329 g/mol. The van der Waals surface area contributed by atoms with Crippen LogP contribution in [0.2, 0.25) is 0 Å². The predicted octanol–water partition coefficient (Wildman–Crippen LogP) is 1.81. The van der Waals surface area contributed by atoms with Gasteiger partial charge in [-0.1, -0.05) is 24.8 Å². The first-order valence-electron chi connectivity index (χ1n) is 7.03. The van der Waals surface area contributed by atoms with Crippen LogP contribution in [-0.2, 0) is 0 Å². The molecule has 0 aliphatic rings. The second-order valence-electron chi connectivity index (χ2n) is 4.60. The van der Waals surface area contributed by atoms with Crippen molar-refractivity contribution in [1.29, 1.82) is 0 Å². The maximum Gasteiger partial charge on any atom is 0.324 e. The van der Waals surface area contributed by atoms with Crippen LogP contribution in [0.3, 0.4) is 0 Å². The molecular weight excluding hydrogens is 310 g/mol. The van der Waals surface area contributed by atoms with Gasteiger partial charge in [-0.3, -0.25) is 16.3 Å². The smallest absolute Gasteiger partial charge is 0.324 e. The Morgan fingerprint density at radius 2 is 1.67 bits per heavy atom. The maximum absolute atomic E-state index is 4.99. The molecule has 0 atom stereocenters. The molecule has 3 N–H and O–H groups in total. The van der Waals surface area contributed by atoms with Crippen molar-refractivity contribution in [1.82, 2.24) is 20.4 Å². The number of ether oxygens (including phenoxy) is 2. The van der Waals surface area contributed by atoms with Crippen LogP contribution in [0.1, 0.15) is 6.92 Å². The lowest BCUT2D eigenvalue weighted by atomic mass is 10.3. The second kappa shape index (κ2) is 8.32. The lowest BCUT2D eigenvalue weighted by Gasteiger charge is -2.12. The Morgan fingerprint density at radius 1 is 1.04 bits per heavy atom. The molecule has 0 unspecified atom stereocenters. The van der Waals surface area contributed by atoms with Crippen LogP contribution in [0.4, 0.5) is 11.6 Å². The van der Waals surface area contributed by atoms with E-state index in [1.54, 1.807) is 0 Å². The number of methoxy groups -OCH3 is 2. The number of hydrazone groups is 1. The zero-order valence-electron chi connectivity index (χ0n) is 13.7. The lowest BCUT2D eigenvalue weighted by molar-refractivity contribution is 0.341. The molecule has 0 spiro atoms. The van der Waals surface area contributed by atoms with Crippen LogP contribution in [0, 0.1) is 0 Å². The molecule has 9 heteroatoms. The summed E-state index contributed by atoms with van der Waals surface area (Å²) in [6.07, 6.45) is 0. The Labute approximate surface area is 139 Å². The molecule has 0 amide bonds. The molecule has 126 valence electrons. The van der Waals surface area contributed by atoms with E-state index in [-0.39, 0.29) is 18.0 Å². The normalized spacial score (nSPS) is 10.7. The van der Waals surface area contributed by atoms with Crippen LogP contribution in [0.5, 0.6) is 12.0 Å². The minimum Gasteiger partial charge on any atom is -0.467 e. The van der Waals surface area contributed by atoms with Gasteiger partial charge in [0.2, 0.25) is 0 Å². The fraction of sp³-hybridized carbons (Fsp3) is 0.200. The van der Waals surface area contributed by atoms with E-state index < -0.39 is 0 Å². The average molecular weight is 329 g/mol. The number of hydrogen-bond acceptors (Lipinski definition) is 8. The van der Waals surface area contributed by atoms with Gasteiger partial charge < -0.3 is 9.47 Å². The Kier molecular flexibility index (Phi) is 5.89. The minimum absolute atomic E-state index is 0.127. The minimum atomic E-state index is 0.127. The number of rotatable bonds is 7. The van der Waals surface area contributed by atoms with Crippen LogP contribution >= 0.6 is 0 Å². The Morgan fingerprint density at radius 3 is 2.21 bits per heavy atom. The van der Waals surface area contributed by atoms with Gasteiger partial charge in [0.15, 0.2) is 5.84 Å². The molecule has 0 bridgehead atoms. The molecule has 0 saturated carbocycles. The zero-order valence-corrected chi connectivity index (χ0v) is 13.7. The summed E-state index contributed by atoms with van der Waals surface area (Å²) in [5.41, 5.74) is 10.2. The first kappa shape index (κ1) is 17.0. The second-order valence-corrected chi connectivity index (χ2v) is 4.60. The van der Waals surface area contributed by atoms with Crippen LogP contribution in [0.25, 0.3) is 0 Å². The largest absolute Gasteiger partial charge is 0.467 e. The fourth-order valence-corrected chi connectivity index (χ4v) is 1.55. The molecular formula is C15H19N7O2. The first-order chi connectivity index (χ1) is 11.6. The van der Waals surface area contributed by atoms with Crippen molar-refractivity contribution in [2.24, 2.45) is 5.10 Å². The van der Waals surface area contributed by atoms with Gasteiger partial charge in [-0.15, -0.1) is 4.98 Å². The number of hydrazine groups is 1. The third-order valence-electron chi connectivity index (χ3n) is 2.73. The standard InChI is InChI=1S/C15H19N7O2/c1-10(2)12(20-19-11-8-6-5-7-9-11)21-22-13-16-14(23-3)18-15(17-13)24-4/h5-9,19H,1H2,2-4H3,(H,20,21)(H,16,17,18,22). The van der Waals surface area contributed by atoms with Gasteiger partial charge in [-0.2, -0.15) is 15.1 Å². The number of nitrogens with zero attached hydrogens (tertiary/aromatic N) is 4. The molecule has 0 fully saturated rings. The summed E-state index contributed by atoms with van der Waals surface area (Å²) in [7, 11) is 2.91. The van der Waals surface area contributed by atoms with Gasteiger partial charge >= 0.3 is 12.0 Å². The van der Waals surface area contributed by atoms with Crippen molar-refractivity contribution in [2.75, 3.05) is 25.1 Å². The molecule has 1 heterocycles. The zero-order chi connectivity index (χ0) is 17.4. The van der Waals surface area contributed by atoms with Gasteiger partial charge in [0.1, 0.15) is 0 Å². The Bertz CT molecular complexity index is 697. The Hall–Kier alpha value is -3.36. The highest BCUT2D eigenvalue weighted by atomic mass is 16.5. The van der Waals surface area contributed by atoms with Crippen LogP contribution in [0.15, 0.2) is 47.6 Å². The van der Waals surface area contributed by atoms with Crippen molar-refractivity contribution >= 4 is 17.5 Å². The van der Waals surface area contributed by atoms with Crippen LogP contribution < -0.4 is 25.8 Å². The molecule has 0 radical (unpaired) electrons. The molecule has 9 nitrogen and oxygen atoms in total. The predicted molar refractivity (Wildman–Crippen MR) is 92.0 cm³/mol. The molecule has 2 aromatic rings. The number of anilines is 2.